The largest absolute Gasteiger partial charge is 0.467 e. The Morgan fingerprint density at radius 3 is 2.65 bits per heavy atom. The summed E-state index contributed by atoms with van der Waals surface area (Å²) in [6.07, 6.45) is 0.143. The molecule has 1 heterocycles. The number of nitrogens with two attached hydrogens (primary N) is 1. The van der Waals surface area contributed by atoms with Crippen LogP contribution in [0.1, 0.15) is 33.0 Å². The number of nitrogens with one attached hydrogen (secondary N) is 1. The van der Waals surface area contributed by atoms with Crippen LogP contribution in [0.5, 0.6) is 0 Å². The highest BCUT2D eigenvalue weighted by atomic mass is 16.6. The van der Waals surface area contributed by atoms with Gasteiger partial charge in [0, 0.05) is 19.2 Å². The Balaban J connectivity index is 2.11. The van der Waals surface area contributed by atoms with E-state index in [0.717, 1.165) is 16.9 Å². The zero-order chi connectivity index (χ0) is 19.5. The smallest absolute Gasteiger partial charge is 0.408 e. The van der Waals surface area contributed by atoms with Gasteiger partial charge in [0.05, 0.1) is 18.1 Å². The number of nitrogen functional groups attached to an aromatic ring is 1. The molecule has 26 heavy (non-hydrogen) atoms. The van der Waals surface area contributed by atoms with Crippen molar-refractivity contribution in [2.45, 2.75) is 45.3 Å². The van der Waals surface area contributed by atoms with Gasteiger partial charge in [-0.05, 0) is 45.4 Å². The number of hydrogen-bond donors (Lipinski definition) is 2. The van der Waals surface area contributed by atoms with Crippen molar-refractivity contribution in [2.75, 3.05) is 12.8 Å². The zero-order valence-electron chi connectivity index (χ0n) is 15.8. The normalized spacial score (nSPS) is 12.7. The number of methoxy groups -OCH3 is 1. The number of benzene rings is 1. The number of esters is 1. The second-order valence-corrected chi connectivity index (χ2v) is 7.10. The molecule has 2 aromatic rings. The van der Waals surface area contributed by atoms with Crippen LogP contribution in [0.15, 0.2) is 18.2 Å². The average Bonchev–Trinajstić information content (AvgIpc) is 2.84. The molecule has 1 amide bonds. The number of carbonyl (C=O) groups is 2. The Morgan fingerprint density at radius 2 is 2.04 bits per heavy atom. The first-order valence-corrected chi connectivity index (χ1v) is 8.39. The number of hydrogen-bond acceptors (Lipinski definition) is 6. The topological polar surface area (TPSA) is 108 Å². The van der Waals surface area contributed by atoms with Crippen LogP contribution < -0.4 is 11.1 Å². The van der Waals surface area contributed by atoms with Gasteiger partial charge in [0.15, 0.2) is 0 Å². The van der Waals surface area contributed by atoms with E-state index in [2.05, 4.69) is 10.3 Å². The lowest BCUT2D eigenvalue weighted by atomic mass is 10.1. The van der Waals surface area contributed by atoms with Crippen LogP contribution in [0.2, 0.25) is 0 Å². The van der Waals surface area contributed by atoms with Crippen LogP contribution in [0.3, 0.4) is 0 Å². The third kappa shape index (κ3) is 4.87. The third-order valence-corrected chi connectivity index (χ3v) is 3.83. The van der Waals surface area contributed by atoms with Crippen LogP contribution in [0.4, 0.5) is 10.5 Å². The maximum absolute atomic E-state index is 12.0. The molecule has 2 rings (SSSR count). The van der Waals surface area contributed by atoms with E-state index in [1.165, 1.54) is 7.11 Å². The molecule has 8 heteroatoms. The second kappa shape index (κ2) is 7.63. The van der Waals surface area contributed by atoms with Crippen molar-refractivity contribution in [3.8, 4) is 0 Å². The van der Waals surface area contributed by atoms with Gasteiger partial charge in [-0.25, -0.2) is 14.6 Å². The maximum atomic E-state index is 12.0. The SMILES string of the molecule is COC(=O)[C@H](CCc1nc2cc(N)ccc2n1C)NC(=O)OC(C)(C)C. The lowest BCUT2D eigenvalue weighted by molar-refractivity contribution is -0.143. The molecule has 142 valence electrons. The molecule has 0 saturated carbocycles. The Kier molecular flexibility index (Phi) is 5.74. The fourth-order valence-corrected chi connectivity index (χ4v) is 2.60. The lowest BCUT2D eigenvalue weighted by Crippen LogP contribution is -2.44. The highest BCUT2D eigenvalue weighted by molar-refractivity contribution is 5.81. The molecular formula is C18H26N4O4. The first-order valence-electron chi connectivity index (χ1n) is 8.39. The second-order valence-electron chi connectivity index (χ2n) is 7.10. The summed E-state index contributed by atoms with van der Waals surface area (Å²) >= 11 is 0. The number of alkyl carbamates (subject to hydrolysis) is 1. The maximum Gasteiger partial charge on any atom is 0.408 e. The molecule has 1 atom stereocenters. The fraction of sp³-hybridized carbons (Fsp3) is 0.500. The van der Waals surface area contributed by atoms with Gasteiger partial charge in [0.25, 0.3) is 0 Å². The Bertz CT molecular complexity index is 807. The summed E-state index contributed by atoms with van der Waals surface area (Å²) in [6.45, 7) is 5.26. The van der Waals surface area contributed by atoms with Gasteiger partial charge in [0.1, 0.15) is 17.5 Å². The number of ether oxygens (including phenoxy) is 2. The van der Waals surface area contributed by atoms with Crippen LogP contribution in [-0.2, 0) is 27.7 Å². The number of aryl methyl sites for hydroxylation is 2. The monoisotopic (exact) mass is 362 g/mol. The molecule has 0 saturated heterocycles. The minimum absolute atomic E-state index is 0.332. The summed E-state index contributed by atoms with van der Waals surface area (Å²) < 4.78 is 11.9. The number of nitrogens with zero attached hydrogens (tertiary/aromatic N) is 2. The highest BCUT2D eigenvalue weighted by Gasteiger charge is 2.25. The molecule has 0 aliphatic heterocycles. The molecule has 0 unspecified atom stereocenters. The molecule has 8 nitrogen and oxygen atoms in total. The van der Waals surface area contributed by atoms with Crippen molar-refractivity contribution in [1.29, 1.82) is 0 Å². The van der Waals surface area contributed by atoms with Crippen molar-refractivity contribution in [3.63, 3.8) is 0 Å². The van der Waals surface area contributed by atoms with E-state index >= 15 is 0 Å². The Hall–Kier alpha value is -2.77. The Labute approximate surface area is 152 Å². The highest BCUT2D eigenvalue weighted by Crippen LogP contribution is 2.19. The number of imidazole rings is 1. The molecule has 0 spiro atoms. The van der Waals surface area contributed by atoms with E-state index in [4.69, 9.17) is 15.2 Å². The fourth-order valence-electron chi connectivity index (χ4n) is 2.60. The molecule has 0 fully saturated rings. The molecule has 0 aliphatic rings. The third-order valence-electron chi connectivity index (χ3n) is 3.83. The quantitative estimate of drug-likeness (QED) is 0.623. The van der Waals surface area contributed by atoms with E-state index in [1.54, 1.807) is 26.8 Å². The molecule has 1 aromatic carbocycles. The zero-order valence-corrected chi connectivity index (χ0v) is 15.8. The molecule has 0 bridgehead atoms. The summed E-state index contributed by atoms with van der Waals surface area (Å²) in [4.78, 5) is 28.5. The molecular weight excluding hydrogens is 336 g/mol. The van der Waals surface area contributed by atoms with Crippen LogP contribution in [0.25, 0.3) is 11.0 Å². The molecule has 0 radical (unpaired) electrons. The van der Waals surface area contributed by atoms with E-state index in [9.17, 15) is 9.59 Å². The van der Waals surface area contributed by atoms with E-state index in [1.807, 2.05) is 23.7 Å². The average molecular weight is 362 g/mol. The molecule has 0 aliphatic carbocycles. The summed E-state index contributed by atoms with van der Waals surface area (Å²) in [7, 11) is 3.18. The molecule has 1 aromatic heterocycles. The predicted octanol–water partition coefficient (Wildman–Crippen LogP) is 2.15. The van der Waals surface area contributed by atoms with Gasteiger partial charge in [-0.3, -0.25) is 0 Å². The van der Waals surface area contributed by atoms with Gasteiger partial charge in [0.2, 0.25) is 0 Å². The summed E-state index contributed by atoms with van der Waals surface area (Å²) in [5.41, 5.74) is 7.52. The molecule has 3 N–H and O–H groups in total. The van der Waals surface area contributed by atoms with E-state index in [-0.39, 0.29) is 0 Å². The number of carbonyl (C=O) groups excluding carboxylic acids is 2. The van der Waals surface area contributed by atoms with Crippen molar-refractivity contribution in [2.24, 2.45) is 7.05 Å². The van der Waals surface area contributed by atoms with Crippen molar-refractivity contribution in [1.82, 2.24) is 14.9 Å². The van der Waals surface area contributed by atoms with Gasteiger partial charge >= 0.3 is 12.1 Å². The van der Waals surface area contributed by atoms with Gasteiger partial charge in [-0.2, -0.15) is 0 Å². The lowest BCUT2D eigenvalue weighted by Gasteiger charge is -2.22. The summed E-state index contributed by atoms with van der Waals surface area (Å²) in [5, 5.41) is 2.56. The van der Waals surface area contributed by atoms with Gasteiger partial charge < -0.3 is 25.1 Å². The van der Waals surface area contributed by atoms with Gasteiger partial charge in [-0.15, -0.1) is 0 Å². The number of anilines is 1. The van der Waals surface area contributed by atoms with Crippen molar-refractivity contribution < 1.29 is 19.1 Å². The van der Waals surface area contributed by atoms with Crippen LogP contribution in [-0.4, -0.2) is 40.4 Å². The number of fused-ring (bicyclic) bond motifs is 1. The van der Waals surface area contributed by atoms with Crippen LogP contribution >= 0.6 is 0 Å². The predicted molar refractivity (Wildman–Crippen MR) is 98.6 cm³/mol. The van der Waals surface area contributed by atoms with Gasteiger partial charge in [-0.1, -0.05) is 0 Å². The van der Waals surface area contributed by atoms with Crippen molar-refractivity contribution >= 4 is 28.8 Å². The Morgan fingerprint density at radius 1 is 1.35 bits per heavy atom. The summed E-state index contributed by atoms with van der Waals surface area (Å²) in [5.74, 6) is 0.254. The van der Waals surface area contributed by atoms with Crippen LogP contribution in [0, 0.1) is 0 Å². The minimum atomic E-state index is -0.820. The number of aromatic nitrogens is 2. The standard InChI is InChI=1S/C18H26N4O4/c1-18(2,3)26-17(24)21-12(16(23)25-5)7-9-15-20-13-10-11(19)6-8-14(13)22(15)4/h6,8,10,12H,7,9,19H2,1-5H3,(H,21,24)/t12-/m0/s1. The first-order chi connectivity index (χ1) is 12.1. The van der Waals surface area contributed by atoms with Crippen molar-refractivity contribution in [3.05, 3.63) is 24.0 Å². The number of rotatable bonds is 5. The van der Waals surface area contributed by atoms with E-state index < -0.39 is 23.7 Å². The number of amides is 1. The minimum Gasteiger partial charge on any atom is -0.467 e. The first kappa shape index (κ1) is 19.6. The summed E-state index contributed by atoms with van der Waals surface area (Å²) in [6, 6.07) is 4.70. The van der Waals surface area contributed by atoms with E-state index in [0.29, 0.717) is 18.5 Å².